The second-order valence-corrected chi connectivity index (χ2v) is 4.57. The summed E-state index contributed by atoms with van der Waals surface area (Å²) in [6.45, 7) is 2.86. The van der Waals surface area contributed by atoms with Crippen LogP contribution in [0.15, 0.2) is 42.7 Å². The van der Waals surface area contributed by atoms with Crippen LogP contribution in [0, 0.1) is 5.82 Å². The Balaban J connectivity index is 2.22. The Labute approximate surface area is 118 Å². The van der Waals surface area contributed by atoms with Gasteiger partial charge in [-0.1, -0.05) is 19.1 Å². The summed E-state index contributed by atoms with van der Waals surface area (Å²) in [5, 5.41) is 3.38. The van der Waals surface area contributed by atoms with Gasteiger partial charge in [0.2, 0.25) is 0 Å². The zero-order valence-corrected chi connectivity index (χ0v) is 11.8. The van der Waals surface area contributed by atoms with Gasteiger partial charge in [-0.2, -0.15) is 0 Å². The summed E-state index contributed by atoms with van der Waals surface area (Å²) in [6.07, 6.45) is 4.36. The van der Waals surface area contributed by atoms with Crippen molar-refractivity contribution in [2.45, 2.75) is 19.4 Å². The Morgan fingerprint density at radius 2 is 2.20 bits per heavy atom. The van der Waals surface area contributed by atoms with E-state index in [1.54, 1.807) is 12.3 Å². The van der Waals surface area contributed by atoms with E-state index >= 15 is 0 Å². The first-order valence-electron chi connectivity index (χ1n) is 6.70. The number of ether oxygens (including phenoxy) is 1. The maximum Gasteiger partial charge on any atom is 0.165 e. The molecule has 1 aromatic carbocycles. The number of nitrogens with zero attached hydrogens (tertiary/aromatic N) is 1. The molecule has 0 bridgehead atoms. The third-order valence-electron chi connectivity index (χ3n) is 3.19. The maximum atomic E-state index is 13.8. The van der Waals surface area contributed by atoms with Crippen molar-refractivity contribution >= 4 is 0 Å². The summed E-state index contributed by atoms with van der Waals surface area (Å²) >= 11 is 0. The number of methoxy groups -OCH3 is 1. The van der Waals surface area contributed by atoms with Gasteiger partial charge in [0.25, 0.3) is 0 Å². The summed E-state index contributed by atoms with van der Waals surface area (Å²) in [7, 11) is 1.47. The van der Waals surface area contributed by atoms with Crippen LogP contribution in [-0.4, -0.2) is 18.6 Å². The molecule has 106 valence electrons. The molecule has 1 heterocycles. The second-order valence-electron chi connectivity index (χ2n) is 4.57. The zero-order chi connectivity index (χ0) is 14.4. The number of benzene rings is 1. The largest absolute Gasteiger partial charge is 0.494 e. The van der Waals surface area contributed by atoms with Gasteiger partial charge in [-0.15, -0.1) is 0 Å². The highest BCUT2D eigenvalue weighted by Gasteiger charge is 2.14. The van der Waals surface area contributed by atoms with Gasteiger partial charge in [-0.25, -0.2) is 4.39 Å². The van der Waals surface area contributed by atoms with Gasteiger partial charge >= 0.3 is 0 Å². The zero-order valence-electron chi connectivity index (χ0n) is 11.8. The van der Waals surface area contributed by atoms with Gasteiger partial charge in [-0.3, -0.25) is 4.98 Å². The molecule has 0 aliphatic carbocycles. The number of halogens is 1. The monoisotopic (exact) mass is 274 g/mol. The fraction of sp³-hybridized carbons (Fsp3) is 0.312. The lowest BCUT2D eigenvalue weighted by molar-refractivity contribution is 0.385. The van der Waals surface area contributed by atoms with E-state index in [4.69, 9.17) is 4.74 Å². The summed E-state index contributed by atoms with van der Waals surface area (Å²) in [6, 6.07) is 9.08. The highest BCUT2D eigenvalue weighted by molar-refractivity contribution is 5.32. The number of hydrogen-bond acceptors (Lipinski definition) is 3. The third kappa shape index (κ3) is 3.54. The molecular weight excluding hydrogens is 255 g/mol. The summed E-state index contributed by atoms with van der Waals surface area (Å²) < 4.78 is 18.8. The van der Waals surface area contributed by atoms with Gasteiger partial charge in [0.15, 0.2) is 11.6 Å². The predicted octanol–water partition coefficient (Wildman–Crippen LogP) is 3.12. The van der Waals surface area contributed by atoms with Gasteiger partial charge in [-0.05, 0) is 42.3 Å². The molecule has 0 aliphatic heterocycles. The smallest absolute Gasteiger partial charge is 0.165 e. The van der Waals surface area contributed by atoms with Crippen molar-refractivity contribution in [3.63, 3.8) is 0 Å². The summed E-state index contributed by atoms with van der Waals surface area (Å²) in [4.78, 5) is 4.11. The molecule has 4 heteroatoms. The molecule has 0 radical (unpaired) electrons. The highest BCUT2D eigenvalue weighted by Crippen LogP contribution is 2.24. The number of pyridine rings is 1. The minimum atomic E-state index is -0.334. The minimum Gasteiger partial charge on any atom is -0.494 e. The molecule has 1 aromatic heterocycles. The first kappa shape index (κ1) is 14.5. The third-order valence-corrected chi connectivity index (χ3v) is 3.19. The molecule has 0 saturated carbocycles. The van der Waals surface area contributed by atoms with Crippen molar-refractivity contribution in [3.8, 4) is 5.75 Å². The van der Waals surface area contributed by atoms with Crippen LogP contribution < -0.4 is 10.1 Å². The van der Waals surface area contributed by atoms with Crippen LogP contribution in [0.25, 0.3) is 0 Å². The number of nitrogens with one attached hydrogen (secondary N) is 1. The highest BCUT2D eigenvalue weighted by atomic mass is 19.1. The van der Waals surface area contributed by atoms with Crippen LogP contribution >= 0.6 is 0 Å². The molecule has 0 aliphatic rings. The van der Waals surface area contributed by atoms with Crippen molar-refractivity contribution in [2.75, 3.05) is 13.7 Å². The van der Waals surface area contributed by atoms with Crippen molar-refractivity contribution in [1.82, 2.24) is 10.3 Å². The molecule has 2 rings (SSSR count). The van der Waals surface area contributed by atoms with Crippen LogP contribution in [0.2, 0.25) is 0 Å². The van der Waals surface area contributed by atoms with E-state index in [2.05, 4.69) is 10.3 Å². The van der Waals surface area contributed by atoms with E-state index in [1.165, 1.54) is 13.2 Å². The normalized spacial score (nSPS) is 12.2. The van der Waals surface area contributed by atoms with E-state index in [9.17, 15) is 4.39 Å². The number of likely N-dealkylation sites (N-methyl/N-ethyl adjacent to an activating group) is 1. The predicted molar refractivity (Wildman–Crippen MR) is 77.3 cm³/mol. The topological polar surface area (TPSA) is 34.2 Å². The average molecular weight is 274 g/mol. The number of rotatable bonds is 6. The molecule has 0 fully saturated rings. The molecule has 0 saturated heterocycles. The lowest BCUT2D eigenvalue weighted by atomic mass is 9.99. The molecule has 0 spiro atoms. The van der Waals surface area contributed by atoms with E-state index in [-0.39, 0.29) is 17.6 Å². The Morgan fingerprint density at radius 3 is 2.80 bits per heavy atom. The van der Waals surface area contributed by atoms with Gasteiger partial charge < -0.3 is 10.1 Å². The lowest BCUT2D eigenvalue weighted by Gasteiger charge is -2.19. The first-order valence-corrected chi connectivity index (χ1v) is 6.70. The van der Waals surface area contributed by atoms with Crippen LogP contribution in [-0.2, 0) is 6.42 Å². The average Bonchev–Trinajstić information content (AvgIpc) is 2.48. The van der Waals surface area contributed by atoms with E-state index in [0.29, 0.717) is 0 Å². The van der Waals surface area contributed by atoms with Crippen molar-refractivity contribution in [2.24, 2.45) is 0 Å². The van der Waals surface area contributed by atoms with Crippen LogP contribution in [0.3, 0.4) is 0 Å². The summed E-state index contributed by atoms with van der Waals surface area (Å²) in [5.74, 6) is -0.0653. The van der Waals surface area contributed by atoms with E-state index < -0.39 is 0 Å². The molecular formula is C16H19FN2O. The van der Waals surface area contributed by atoms with Gasteiger partial charge in [0, 0.05) is 18.4 Å². The van der Waals surface area contributed by atoms with Gasteiger partial charge in [0.05, 0.1) is 7.11 Å². The van der Waals surface area contributed by atoms with Gasteiger partial charge in [0.1, 0.15) is 0 Å². The molecule has 1 N–H and O–H groups in total. The molecule has 2 aromatic rings. The van der Waals surface area contributed by atoms with Crippen molar-refractivity contribution in [3.05, 3.63) is 59.7 Å². The molecule has 1 atom stereocenters. The fourth-order valence-corrected chi connectivity index (χ4v) is 2.21. The second kappa shape index (κ2) is 7.01. The Morgan fingerprint density at radius 1 is 1.35 bits per heavy atom. The minimum absolute atomic E-state index is 0.0598. The van der Waals surface area contributed by atoms with Crippen LogP contribution in [0.1, 0.15) is 24.1 Å². The summed E-state index contributed by atoms with van der Waals surface area (Å²) in [5.41, 5.74) is 2.03. The molecule has 20 heavy (non-hydrogen) atoms. The van der Waals surface area contributed by atoms with E-state index in [1.807, 2.05) is 31.3 Å². The van der Waals surface area contributed by atoms with Crippen molar-refractivity contribution < 1.29 is 9.13 Å². The SMILES string of the molecule is CCNC(Cc1cccnc1)c1ccc(OC)c(F)c1. The van der Waals surface area contributed by atoms with E-state index in [0.717, 1.165) is 24.1 Å². The molecule has 0 amide bonds. The standard InChI is InChI=1S/C16H19FN2O/c1-3-19-15(9-12-5-4-8-18-11-12)13-6-7-16(20-2)14(17)10-13/h4-8,10-11,15,19H,3,9H2,1-2H3. The molecule has 1 unspecified atom stereocenters. The first-order chi connectivity index (χ1) is 9.74. The fourth-order valence-electron chi connectivity index (χ4n) is 2.21. The number of aromatic nitrogens is 1. The Hall–Kier alpha value is -1.94. The Kier molecular flexibility index (Phi) is 5.07. The van der Waals surface area contributed by atoms with Crippen molar-refractivity contribution in [1.29, 1.82) is 0 Å². The van der Waals surface area contributed by atoms with Crippen LogP contribution in [0.4, 0.5) is 4.39 Å². The quantitative estimate of drug-likeness (QED) is 0.878. The lowest BCUT2D eigenvalue weighted by Crippen LogP contribution is -2.23. The Bertz CT molecular complexity index is 545. The molecule has 3 nitrogen and oxygen atoms in total. The van der Waals surface area contributed by atoms with Crippen LogP contribution in [0.5, 0.6) is 5.75 Å². The number of hydrogen-bond donors (Lipinski definition) is 1. The maximum absolute atomic E-state index is 13.8.